The second-order valence-electron chi connectivity index (χ2n) is 4.13. The van der Waals surface area contributed by atoms with Crippen LogP contribution in [-0.2, 0) is 0 Å². The van der Waals surface area contributed by atoms with Crippen LogP contribution in [0.1, 0.15) is 15.9 Å². The number of nitrogens with one attached hydrogen (secondary N) is 1. The van der Waals surface area contributed by atoms with E-state index in [9.17, 15) is 9.18 Å². The van der Waals surface area contributed by atoms with Gasteiger partial charge in [0.1, 0.15) is 5.82 Å². The minimum Gasteiger partial charge on any atom is -0.321 e. The van der Waals surface area contributed by atoms with E-state index in [2.05, 4.69) is 37.2 Å². The fourth-order valence-electron chi connectivity index (χ4n) is 1.64. The average molecular weight is 421 g/mol. The monoisotopic (exact) mass is 419 g/mol. The molecular weight excluding hydrogens is 412 g/mol. The highest BCUT2D eigenvalue weighted by atomic mass is 79.9. The van der Waals surface area contributed by atoms with Gasteiger partial charge in [0.15, 0.2) is 0 Å². The number of carbonyl (C=O) groups excluding carboxylic acids is 1. The normalized spacial score (nSPS) is 10.4. The Kier molecular flexibility index (Phi) is 4.83. The lowest BCUT2D eigenvalue weighted by Gasteiger charge is -2.11. The van der Waals surface area contributed by atoms with Crippen LogP contribution >= 0.6 is 43.5 Å². The minimum atomic E-state index is -0.591. The number of hydrogen-bond donors (Lipinski definition) is 1. The molecule has 0 bridgehead atoms. The third-order valence-corrected chi connectivity index (χ3v) is 4.41. The van der Waals surface area contributed by atoms with Crippen LogP contribution in [0, 0.1) is 12.7 Å². The summed E-state index contributed by atoms with van der Waals surface area (Å²) in [7, 11) is 0. The lowest BCUT2D eigenvalue weighted by Crippen LogP contribution is -2.15. The summed E-state index contributed by atoms with van der Waals surface area (Å²) in [5, 5.41) is 3.16. The Morgan fingerprint density at radius 3 is 2.60 bits per heavy atom. The third kappa shape index (κ3) is 3.22. The van der Waals surface area contributed by atoms with Gasteiger partial charge < -0.3 is 5.32 Å². The predicted octanol–water partition coefficient (Wildman–Crippen LogP) is 5.56. The molecule has 0 aliphatic rings. The molecule has 6 heteroatoms. The molecule has 2 rings (SSSR count). The smallest absolute Gasteiger partial charge is 0.259 e. The van der Waals surface area contributed by atoms with Gasteiger partial charge >= 0.3 is 0 Å². The Bertz CT molecular complexity index is 671. The first kappa shape index (κ1) is 15.5. The fourth-order valence-corrected chi connectivity index (χ4v) is 2.88. The highest BCUT2D eigenvalue weighted by molar-refractivity contribution is 9.11. The Balaban J connectivity index is 2.35. The second kappa shape index (κ2) is 6.24. The van der Waals surface area contributed by atoms with Crippen molar-refractivity contribution in [1.82, 2.24) is 0 Å². The highest BCUT2D eigenvalue weighted by Gasteiger charge is 2.17. The third-order valence-electron chi connectivity index (χ3n) is 2.69. The Labute approximate surface area is 137 Å². The van der Waals surface area contributed by atoms with E-state index >= 15 is 0 Å². The van der Waals surface area contributed by atoms with Crippen molar-refractivity contribution in [3.8, 4) is 0 Å². The quantitative estimate of drug-likeness (QED) is 0.675. The Morgan fingerprint density at radius 2 is 1.95 bits per heavy atom. The predicted molar refractivity (Wildman–Crippen MR) is 85.9 cm³/mol. The van der Waals surface area contributed by atoms with E-state index < -0.39 is 11.7 Å². The van der Waals surface area contributed by atoms with Gasteiger partial charge in [-0.25, -0.2) is 4.39 Å². The van der Waals surface area contributed by atoms with Crippen molar-refractivity contribution in [3.63, 3.8) is 0 Å². The molecule has 2 aromatic carbocycles. The maximum absolute atomic E-state index is 13.7. The van der Waals surface area contributed by atoms with Crippen molar-refractivity contribution in [2.45, 2.75) is 6.92 Å². The van der Waals surface area contributed by atoms with E-state index in [1.807, 2.05) is 6.92 Å². The molecule has 0 heterocycles. The van der Waals surface area contributed by atoms with E-state index in [0.717, 1.165) is 5.56 Å². The molecule has 0 aliphatic heterocycles. The fraction of sp³-hybridized carbons (Fsp3) is 0.0714. The van der Waals surface area contributed by atoms with E-state index in [1.165, 1.54) is 12.1 Å². The number of aryl methyl sites for hydroxylation is 1. The summed E-state index contributed by atoms with van der Waals surface area (Å²) < 4.78 is 14.8. The first-order chi connectivity index (χ1) is 9.40. The van der Waals surface area contributed by atoms with Crippen molar-refractivity contribution >= 4 is 55.1 Å². The van der Waals surface area contributed by atoms with Crippen LogP contribution in [-0.4, -0.2) is 5.91 Å². The molecular formula is C14H9Br2ClFNO. The topological polar surface area (TPSA) is 29.1 Å². The lowest BCUT2D eigenvalue weighted by atomic mass is 10.2. The van der Waals surface area contributed by atoms with E-state index in [4.69, 9.17) is 11.6 Å². The maximum Gasteiger partial charge on any atom is 0.259 e. The summed E-state index contributed by atoms with van der Waals surface area (Å²) >= 11 is 12.5. The second-order valence-corrected chi connectivity index (χ2v) is 6.25. The summed E-state index contributed by atoms with van der Waals surface area (Å²) in [4.78, 5) is 12.2. The van der Waals surface area contributed by atoms with Crippen LogP contribution in [0.4, 0.5) is 10.1 Å². The van der Waals surface area contributed by atoms with E-state index in [1.54, 1.807) is 18.2 Å². The summed E-state index contributed by atoms with van der Waals surface area (Å²) in [5.41, 5.74) is 1.32. The first-order valence-electron chi connectivity index (χ1n) is 5.61. The molecule has 0 atom stereocenters. The van der Waals surface area contributed by atoms with Gasteiger partial charge in [-0.05, 0) is 68.6 Å². The standard InChI is InChI=1S/C14H9Br2ClFNO/c1-7-5-9(16)12(6-10(7)17)19-14(20)13-8(15)3-2-4-11(13)18/h2-6H,1H3,(H,19,20). The number of halogens is 4. The van der Waals surface area contributed by atoms with Gasteiger partial charge in [-0.3, -0.25) is 4.79 Å². The molecule has 0 saturated carbocycles. The van der Waals surface area contributed by atoms with Crippen molar-refractivity contribution in [2.75, 3.05) is 5.32 Å². The largest absolute Gasteiger partial charge is 0.321 e. The summed E-state index contributed by atoms with van der Waals surface area (Å²) in [6.45, 7) is 1.85. The van der Waals surface area contributed by atoms with Gasteiger partial charge in [0, 0.05) is 14.0 Å². The average Bonchev–Trinajstić information content (AvgIpc) is 2.35. The molecule has 0 unspecified atom stereocenters. The van der Waals surface area contributed by atoms with Crippen LogP contribution in [0.25, 0.3) is 0 Å². The minimum absolute atomic E-state index is 0.0453. The van der Waals surface area contributed by atoms with Gasteiger partial charge in [0.05, 0.1) is 11.3 Å². The SMILES string of the molecule is Cc1cc(Br)c(NC(=O)c2c(F)cccc2Br)cc1Cl. The number of hydrogen-bond acceptors (Lipinski definition) is 1. The molecule has 104 valence electrons. The molecule has 0 aliphatic carbocycles. The Morgan fingerprint density at radius 1 is 1.25 bits per heavy atom. The van der Waals surface area contributed by atoms with E-state index in [0.29, 0.717) is 19.7 Å². The molecule has 2 nitrogen and oxygen atoms in total. The van der Waals surface area contributed by atoms with Gasteiger partial charge in [-0.2, -0.15) is 0 Å². The molecule has 0 aromatic heterocycles. The molecule has 0 radical (unpaired) electrons. The van der Waals surface area contributed by atoms with Crippen LogP contribution in [0.2, 0.25) is 5.02 Å². The zero-order chi connectivity index (χ0) is 14.9. The van der Waals surface area contributed by atoms with Gasteiger partial charge in [0.2, 0.25) is 0 Å². The van der Waals surface area contributed by atoms with Crippen LogP contribution < -0.4 is 5.32 Å². The van der Waals surface area contributed by atoms with Crippen LogP contribution in [0.3, 0.4) is 0 Å². The van der Waals surface area contributed by atoms with Gasteiger partial charge in [-0.15, -0.1) is 0 Å². The van der Waals surface area contributed by atoms with E-state index in [-0.39, 0.29) is 5.56 Å². The molecule has 0 fully saturated rings. The first-order valence-corrected chi connectivity index (χ1v) is 7.57. The molecule has 1 N–H and O–H groups in total. The number of rotatable bonds is 2. The summed E-state index contributed by atoms with van der Waals surface area (Å²) in [6.07, 6.45) is 0. The Hall–Kier alpha value is -0.910. The number of anilines is 1. The molecule has 0 spiro atoms. The van der Waals surface area contributed by atoms with Crippen LogP contribution in [0.5, 0.6) is 0 Å². The zero-order valence-electron chi connectivity index (χ0n) is 10.3. The number of carbonyl (C=O) groups is 1. The molecule has 20 heavy (non-hydrogen) atoms. The highest BCUT2D eigenvalue weighted by Crippen LogP contribution is 2.30. The lowest BCUT2D eigenvalue weighted by molar-refractivity contribution is 0.102. The zero-order valence-corrected chi connectivity index (χ0v) is 14.2. The maximum atomic E-state index is 13.7. The van der Waals surface area contributed by atoms with Crippen molar-refractivity contribution < 1.29 is 9.18 Å². The van der Waals surface area contributed by atoms with Gasteiger partial charge in [-0.1, -0.05) is 17.7 Å². The summed E-state index contributed by atoms with van der Waals surface area (Å²) in [6, 6.07) is 7.77. The van der Waals surface area contributed by atoms with Gasteiger partial charge in [0.25, 0.3) is 5.91 Å². The molecule has 0 saturated heterocycles. The molecule has 1 amide bonds. The van der Waals surface area contributed by atoms with Crippen molar-refractivity contribution in [3.05, 3.63) is 61.2 Å². The summed E-state index contributed by atoms with van der Waals surface area (Å²) in [5.74, 6) is -1.14. The number of amides is 1. The molecule has 2 aromatic rings. The van der Waals surface area contributed by atoms with Crippen LogP contribution in [0.15, 0.2) is 39.3 Å². The van der Waals surface area contributed by atoms with Crippen molar-refractivity contribution in [2.24, 2.45) is 0 Å². The number of benzene rings is 2. The van der Waals surface area contributed by atoms with Crippen molar-refractivity contribution in [1.29, 1.82) is 0 Å².